The van der Waals surface area contributed by atoms with Crippen LogP contribution in [0.3, 0.4) is 0 Å². The van der Waals surface area contributed by atoms with Crippen LogP contribution in [0.2, 0.25) is 0 Å². The molecular weight excluding hydrogens is 455 g/mol. The van der Waals surface area contributed by atoms with Gasteiger partial charge < -0.3 is 19.9 Å². The van der Waals surface area contributed by atoms with Gasteiger partial charge in [-0.25, -0.2) is 0 Å². The molecule has 156 valence electrons. The molecule has 0 aromatic carbocycles. The third kappa shape index (κ3) is 4.54. The zero-order valence-electron chi connectivity index (χ0n) is 17.4. The molecule has 2 saturated carbocycles. The summed E-state index contributed by atoms with van der Waals surface area (Å²) in [4.78, 5) is 21.0. The van der Waals surface area contributed by atoms with Crippen LogP contribution in [0.1, 0.15) is 52.9 Å². The Morgan fingerprint density at radius 1 is 1.19 bits per heavy atom. The average molecular weight is 492 g/mol. The zero-order valence-corrected chi connectivity index (χ0v) is 19.7. The molecule has 3 rings (SSSR count). The molecule has 3 fully saturated rings. The largest absolute Gasteiger partial charge is 0.378 e. The van der Waals surface area contributed by atoms with Gasteiger partial charge in [-0.1, -0.05) is 26.7 Å². The fraction of sp³-hybridized carbons (Fsp3) is 0.900. The first-order chi connectivity index (χ1) is 12.5. The predicted octanol–water partition coefficient (Wildman–Crippen LogP) is 2.72. The SMILES string of the molecule is CCOC1CC(NC(=NC)N2CCN(C(=O)C(C)C)CC2)C12CCCC2.I. The minimum Gasteiger partial charge on any atom is -0.378 e. The van der Waals surface area contributed by atoms with Crippen molar-refractivity contribution in [3.63, 3.8) is 0 Å². The van der Waals surface area contributed by atoms with E-state index in [0.29, 0.717) is 17.6 Å². The van der Waals surface area contributed by atoms with Gasteiger partial charge >= 0.3 is 0 Å². The highest BCUT2D eigenvalue weighted by molar-refractivity contribution is 14.0. The van der Waals surface area contributed by atoms with Crippen molar-refractivity contribution >= 4 is 35.8 Å². The van der Waals surface area contributed by atoms with Gasteiger partial charge in [-0.2, -0.15) is 0 Å². The summed E-state index contributed by atoms with van der Waals surface area (Å²) in [7, 11) is 1.87. The number of rotatable bonds is 4. The fourth-order valence-electron chi connectivity index (χ4n) is 5.05. The number of nitrogens with one attached hydrogen (secondary N) is 1. The summed E-state index contributed by atoms with van der Waals surface area (Å²) in [5.74, 6) is 1.33. The Labute approximate surface area is 181 Å². The second-order valence-electron chi connectivity index (χ2n) is 8.33. The summed E-state index contributed by atoms with van der Waals surface area (Å²) >= 11 is 0. The fourth-order valence-corrected chi connectivity index (χ4v) is 5.05. The Bertz CT molecular complexity index is 526. The standard InChI is InChI=1S/C20H36N4O2.HI/c1-5-26-17-14-16(20(17)8-6-7-9-20)22-19(21-4)24-12-10-23(11-13-24)18(25)15(2)3;/h15-17H,5-14H2,1-4H3,(H,21,22);1H. The number of amides is 1. The molecule has 7 heteroatoms. The van der Waals surface area contributed by atoms with Crippen molar-refractivity contribution in [3.8, 4) is 0 Å². The molecule has 1 heterocycles. The van der Waals surface area contributed by atoms with E-state index in [2.05, 4.69) is 22.1 Å². The van der Waals surface area contributed by atoms with Crippen LogP contribution in [-0.2, 0) is 9.53 Å². The van der Waals surface area contributed by atoms with Gasteiger partial charge in [0.15, 0.2) is 5.96 Å². The van der Waals surface area contributed by atoms with Crippen molar-refractivity contribution in [2.75, 3.05) is 39.8 Å². The van der Waals surface area contributed by atoms with E-state index in [-0.39, 0.29) is 35.8 Å². The normalized spacial score (nSPS) is 27.5. The molecule has 6 nitrogen and oxygen atoms in total. The lowest BCUT2D eigenvalue weighted by atomic mass is 9.60. The van der Waals surface area contributed by atoms with Gasteiger partial charge in [0.25, 0.3) is 0 Å². The Morgan fingerprint density at radius 3 is 2.30 bits per heavy atom. The second kappa shape index (κ2) is 9.76. The molecule has 2 unspecified atom stereocenters. The summed E-state index contributed by atoms with van der Waals surface area (Å²) in [6, 6.07) is 0.468. The number of hydrogen-bond acceptors (Lipinski definition) is 3. The first kappa shape index (κ1) is 22.7. The van der Waals surface area contributed by atoms with Crippen molar-refractivity contribution in [2.45, 2.75) is 65.0 Å². The number of aliphatic imine (C=N–C) groups is 1. The molecule has 0 aromatic rings. The van der Waals surface area contributed by atoms with E-state index < -0.39 is 0 Å². The van der Waals surface area contributed by atoms with Crippen LogP contribution in [0.15, 0.2) is 4.99 Å². The molecule has 0 radical (unpaired) electrons. The highest BCUT2D eigenvalue weighted by atomic mass is 127. The first-order valence-electron chi connectivity index (χ1n) is 10.4. The number of guanidine groups is 1. The molecule has 1 aliphatic heterocycles. The van der Waals surface area contributed by atoms with E-state index in [0.717, 1.165) is 45.2 Å². The van der Waals surface area contributed by atoms with Gasteiger partial charge in [-0.15, -0.1) is 24.0 Å². The highest BCUT2D eigenvalue weighted by Crippen LogP contribution is 2.54. The van der Waals surface area contributed by atoms with Gasteiger partial charge in [0.2, 0.25) is 5.91 Å². The summed E-state index contributed by atoms with van der Waals surface area (Å²) < 4.78 is 6.03. The van der Waals surface area contributed by atoms with Crippen molar-refractivity contribution in [1.82, 2.24) is 15.1 Å². The molecule has 1 saturated heterocycles. The van der Waals surface area contributed by atoms with Crippen LogP contribution < -0.4 is 5.32 Å². The number of halogens is 1. The number of nitrogens with zero attached hydrogens (tertiary/aromatic N) is 3. The van der Waals surface area contributed by atoms with Crippen molar-refractivity contribution in [1.29, 1.82) is 0 Å². The quantitative estimate of drug-likeness (QED) is 0.373. The number of piperazine rings is 1. The van der Waals surface area contributed by atoms with E-state index in [4.69, 9.17) is 4.74 Å². The van der Waals surface area contributed by atoms with Crippen LogP contribution >= 0.6 is 24.0 Å². The van der Waals surface area contributed by atoms with Crippen LogP contribution in [-0.4, -0.2) is 73.6 Å². The smallest absolute Gasteiger partial charge is 0.225 e. The lowest BCUT2D eigenvalue weighted by Gasteiger charge is -2.55. The molecule has 0 bridgehead atoms. The maximum atomic E-state index is 12.2. The van der Waals surface area contributed by atoms with E-state index in [1.54, 1.807) is 0 Å². The van der Waals surface area contributed by atoms with Gasteiger partial charge in [-0.3, -0.25) is 9.79 Å². The van der Waals surface area contributed by atoms with Crippen molar-refractivity contribution < 1.29 is 9.53 Å². The summed E-state index contributed by atoms with van der Waals surface area (Å²) in [5, 5.41) is 3.75. The molecule has 0 aromatic heterocycles. The Morgan fingerprint density at radius 2 is 1.78 bits per heavy atom. The van der Waals surface area contributed by atoms with Crippen LogP contribution in [0.5, 0.6) is 0 Å². The predicted molar refractivity (Wildman–Crippen MR) is 120 cm³/mol. The summed E-state index contributed by atoms with van der Waals surface area (Å²) in [6.07, 6.45) is 6.66. The monoisotopic (exact) mass is 492 g/mol. The van der Waals surface area contributed by atoms with Crippen molar-refractivity contribution in [3.05, 3.63) is 0 Å². The molecular formula is C20H37IN4O2. The second-order valence-corrected chi connectivity index (χ2v) is 8.33. The molecule has 1 amide bonds. The molecule has 3 aliphatic rings. The lowest BCUT2D eigenvalue weighted by Crippen LogP contribution is -2.66. The minimum atomic E-state index is 0. The van der Waals surface area contributed by atoms with E-state index in [1.165, 1.54) is 25.7 Å². The van der Waals surface area contributed by atoms with Crippen molar-refractivity contribution in [2.24, 2.45) is 16.3 Å². The van der Waals surface area contributed by atoms with Gasteiger partial charge in [0.1, 0.15) is 0 Å². The molecule has 2 atom stereocenters. The summed E-state index contributed by atoms with van der Waals surface area (Å²) in [6.45, 7) is 10.1. The van der Waals surface area contributed by atoms with Crippen LogP contribution in [0.25, 0.3) is 0 Å². The topological polar surface area (TPSA) is 57.2 Å². The van der Waals surface area contributed by atoms with E-state index >= 15 is 0 Å². The maximum absolute atomic E-state index is 12.2. The van der Waals surface area contributed by atoms with Gasteiger partial charge in [0, 0.05) is 57.2 Å². The molecule has 2 aliphatic carbocycles. The number of hydrogen-bond donors (Lipinski definition) is 1. The molecule has 1 N–H and O–H groups in total. The number of ether oxygens (including phenoxy) is 1. The van der Waals surface area contributed by atoms with Gasteiger partial charge in [-0.05, 0) is 26.2 Å². The average Bonchev–Trinajstić information content (AvgIpc) is 3.17. The lowest BCUT2D eigenvalue weighted by molar-refractivity contribution is -0.135. The third-order valence-electron chi connectivity index (χ3n) is 6.59. The number of carbonyl (C=O) groups is 1. The Kier molecular flexibility index (Phi) is 8.21. The zero-order chi connectivity index (χ0) is 18.7. The molecule has 27 heavy (non-hydrogen) atoms. The van der Waals surface area contributed by atoms with Gasteiger partial charge in [0.05, 0.1) is 6.10 Å². The highest BCUT2D eigenvalue weighted by Gasteiger charge is 2.57. The minimum absolute atomic E-state index is 0. The molecule has 1 spiro atoms. The van der Waals surface area contributed by atoms with Crippen LogP contribution in [0, 0.1) is 11.3 Å². The maximum Gasteiger partial charge on any atom is 0.225 e. The third-order valence-corrected chi connectivity index (χ3v) is 6.59. The Hall–Kier alpha value is -0.570. The van der Waals surface area contributed by atoms with E-state index in [9.17, 15) is 4.79 Å². The van der Waals surface area contributed by atoms with E-state index in [1.807, 2.05) is 25.8 Å². The number of carbonyl (C=O) groups excluding carboxylic acids is 1. The van der Waals surface area contributed by atoms with Crippen LogP contribution in [0.4, 0.5) is 0 Å². The first-order valence-corrected chi connectivity index (χ1v) is 10.4. The summed E-state index contributed by atoms with van der Waals surface area (Å²) in [5.41, 5.74) is 0.307. The Balaban J connectivity index is 0.00000261.